The van der Waals surface area contributed by atoms with Gasteiger partial charge in [0.25, 0.3) is 17.4 Å². The van der Waals surface area contributed by atoms with Crippen LogP contribution in [-0.4, -0.2) is 45.6 Å². The first-order chi connectivity index (χ1) is 16.1. The molecule has 0 spiro atoms. The van der Waals surface area contributed by atoms with Gasteiger partial charge in [-0.1, -0.05) is 48.5 Å². The van der Waals surface area contributed by atoms with Crippen LogP contribution in [0.2, 0.25) is 0 Å². The van der Waals surface area contributed by atoms with E-state index in [2.05, 4.69) is 5.10 Å². The molecule has 0 radical (unpaired) electrons. The van der Waals surface area contributed by atoms with Gasteiger partial charge in [0.15, 0.2) is 5.69 Å². The van der Waals surface area contributed by atoms with Crippen LogP contribution >= 0.6 is 0 Å². The van der Waals surface area contributed by atoms with Crippen LogP contribution in [0.25, 0.3) is 16.5 Å². The summed E-state index contributed by atoms with van der Waals surface area (Å²) in [4.78, 5) is 51.9. The maximum absolute atomic E-state index is 12.9. The van der Waals surface area contributed by atoms with Gasteiger partial charge in [0.05, 0.1) is 28.7 Å². The molecular formula is C25H17N3O5. The second-order valence-electron chi connectivity index (χ2n) is 7.39. The zero-order valence-corrected chi connectivity index (χ0v) is 17.3. The smallest absolute Gasteiger partial charge is 0.359 e. The van der Waals surface area contributed by atoms with Gasteiger partial charge >= 0.3 is 5.97 Å². The highest BCUT2D eigenvalue weighted by Crippen LogP contribution is 2.22. The van der Waals surface area contributed by atoms with Crippen LogP contribution in [0.1, 0.15) is 31.2 Å². The molecule has 2 amide bonds. The van der Waals surface area contributed by atoms with Crippen LogP contribution < -0.4 is 5.56 Å². The van der Waals surface area contributed by atoms with Crippen LogP contribution in [0.5, 0.6) is 0 Å². The molecule has 5 rings (SSSR count). The molecule has 0 bridgehead atoms. The minimum atomic E-state index is -0.757. The summed E-state index contributed by atoms with van der Waals surface area (Å²) in [6, 6.07) is 22.0. The van der Waals surface area contributed by atoms with Crippen LogP contribution in [-0.2, 0) is 4.74 Å². The van der Waals surface area contributed by atoms with Crippen molar-refractivity contribution >= 4 is 28.6 Å². The molecule has 0 saturated heterocycles. The summed E-state index contributed by atoms with van der Waals surface area (Å²) in [5.74, 6) is -1.60. The molecule has 1 aliphatic rings. The third kappa shape index (κ3) is 3.47. The van der Waals surface area contributed by atoms with Crippen molar-refractivity contribution in [3.8, 4) is 5.69 Å². The molecule has 0 atom stereocenters. The Labute approximate surface area is 187 Å². The Kier molecular flexibility index (Phi) is 5.02. The number of amides is 2. The summed E-state index contributed by atoms with van der Waals surface area (Å²) in [5.41, 5.74) is 0.775. The number of hydrogen-bond acceptors (Lipinski definition) is 6. The average Bonchev–Trinajstić information content (AvgIpc) is 3.10. The average molecular weight is 439 g/mol. The standard InChI is InChI=1S/C25H17N3O5/c29-22-19-12-6-7-13-20(19)23(30)27(22)14-15-33-25(32)21-17-10-4-5-11-18(17)24(31)28(26-21)16-8-2-1-3-9-16/h1-13H,14-15H2. The van der Waals surface area contributed by atoms with E-state index in [1.54, 1.807) is 72.8 Å². The van der Waals surface area contributed by atoms with Crippen molar-refractivity contribution in [2.24, 2.45) is 0 Å². The molecule has 1 aromatic heterocycles. The van der Waals surface area contributed by atoms with E-state index in [0.29, 0.717) is 27.6 Å². The Morgan fingerprint density at radius 2 is 1.33 bits per heavy atom. The number of nitrogens with zero attached hydrogens (tertiary/aromatic N) is 3. The van der Waals surface area contributed by atoms with E-state index in [9.17, 15) is 19.2 Å². The summed E-state index contributed by atoms with van der Waals surface area (Å²) in [5, 5.41) is 4.95. The lowest BCUT2D eigenvalue weighted by atomic mass is 10.1. The van der Waals surface area contributed by atoms with Gasteiger partial charge in [-0.15, -0.1) is 0 Å². The Hall–Kier alpha value is -4.59. The van der Waals surface area contributed by atoms with E-state index in [1.807, 2.05) is 6.07 Å². The maximum Gasteiger partial charge on any atom is 0.359 e. The van der Waals surface area contributed by atoms with Crippen molar-refractivity contribution in [2.75, 3.05) is 13.2 Å². The van der Waals surface area contributed by atoms with Gasteiger partial charge in [-0.2, -0.15) is 9.78 Å². The zero-order chi connectivity index (χ0) is 22.9. The van der Waals surface area contributed by atoms with Gasteiger partial charge in [-0.05, 0) is 30.3 Å². The van der Waals surface area contributed by atoms with Crippen molar-refractivity contribution in [2.45, 2.75) is 0 Å². The SMILES string of the molecule is O=C(OCCN1C(=O)c2ccccc2C1=O)c1nn(-c2ccccc2)c(=O)c2ccccc12. The fourth-order valence-electron chi connectivity index (χ4n) is 3.82. The second kappa shape index (κ2) is 8.16. The maximum atomic E-state index is 12.9. The van der Waals surface area contributed by atoms with E-state index in [0.717, 1.165) is 9.58 Å². The van der Waals surface area contributed by atoms with Crippen LogP contribution in [0.3, 0.4) is 0 Å². The normalized spacial score (nSPS) is 12.8. The fourth-order valence-corrected chi connectivity index (χ4v) is 3.82. The third-order valence-electron chi connectivity index (χ3n) is 5.43. The van der Waals surface area contributed by atoms with E-state index >= 15 is 0 Å². The lowest BCUT2D eigenvalue weighted by molar-refractivity contribution is 0.0415. The highest BCUT2D eigenvalue weighted by atomic mass is 16.5. The van der Waals surface area contributed by atoms with Gasteiger partial charge in [0, 0.05) is 5.39 Å². The first-order valence-corrected chi connectivity index (χ1v) is 10.3. The van der Waals surface area contributed by atoms with Gasteiger partial charge < -0.3 is 4.74 Å². The Bertz CT molecular complexity index is 1440. The van der Waals surface area contributed by atoms with Crippen LogP contribution in [0.15, 0.2) is 83.7 Å². The monoisotopic (exact) mass is 439 g/mol. The summed E-state index contributed by atoms with van der Waals surface area (Å²) in [7, 11) is 0. The fraction of sp³-hybridized carbons (Fsp3) is 0.0800. The molecule has 4 aromatic rings. The van der Waals surface area contributed by atoms with Crippen molar-refractivity contribution in [3.63, 3.8) is 0 Å². The highest BCUT2D eigenvalue weighted by molar-refractivity contribution is 6.21. The molecule has 0 unspecified atom stereocenters. The van der Waals surface area contributed by atoms with Crippen LogP contribution in [0, 0.1) is 0 Å². The molecule has 3 aromatic carbocycles. The molecule has 0 N–H and O–H groups in total. The molecule has 0 saturated carbocycles. The summed E-state index contributed by atoms with van der Waals surface area (Å²) < 4.78 is 6.52. The first kappa shape index (κ1) is 20.3. The van der Waals surface area contributed by atoms with E-state index in [1.165, 1.54) is 0 Å². The number of rotatable bonds is 5. The van der Waals surface area contributed by atoms with Crippen molar-refractivity contribution in [3.05, 3.63) is 106 Å². The Morgan fingerprint density at radius 3 is 2.00 bits per heavy atom. The zero-order valence-electron chi connectivity index (χ0n) is 17.3. The van der Waals surface area contributed by atoms with Gasteiger partial charge in [0.1, 0.15) is 6.61 Å². The van der Waals surface area contributed by atoms with Gasteiger partial charge in [0.2, 0.25) is 0 Å². The van der Waals surface area contributed by atoms with Crippen molar-refractivity contribution < 1.29 is 19.1 Å². The summed E-state index contributed by atoms with van der Waals surface area (Å²) >= 11 is 0. The predicted octanol–water partition coefficient (Wildman–Crippen LogP) is 2.84. The number of carbonyl (C=O) groups excluding carboxylic acids is 3. The molecule has 2 heterocycles. The number of fused-ring (bicyclic) bond motifs is 2. The molecule has 8 nitrogen and oxygen atoms in total. The van der Waals surface area contributed by atoms with E-state index in [-0.39, 0.29) is 24.4 Å². The first-order valence-electron chi connectivity index (χ1n) is 10.3. The number of aromatic nitrogens is 2. The number of hydrogen-bond donors (Lipinski definition) is 0. The molecular weight excluding hydrogens is 422 g/mol. The number of imide groups is 1. The number of ether oxygens (including phenoxy) is 1. The lowest BCUT2D eigenvalue weighted by Gasteiger charge is -2.14. The van der Waals surface area contributed by atoms with Gasteiger partial charge in [-0.25, -0.2) is 4.79 Å². The number of carbonyl (C=O) groups is 3. The number of benzene rings is 3. The highest BCUT2D eigenvalue weighted by Gasteiger charge is 2.35. The topological polar surface area (TPSA) is 98.6 Å². The quantitative estimate of drug-likeness (QED) is 0.350. The summed E-state index contributed by atoms with van der Waals surface area (Å²) in [6.07, 6.45) is 0. The molecule has 0 aliphatic carbocycles. The van der Waals surface area contributed by atoms with Crippen molar-refractivity contribution in [1.29, 1.82) is 0 Å². The Balaban J connectivity index is 1.40. The largest absolute Gasteiger partial charge is 0.459 e. The van der Waals surface area contributed by atoms with Crippen LogP contribution in [0.4, 0.5) is 0 Å². The molecule has 0 fully saturated rings. The minimum Gasteiger partial charge on any atom is -0.459 e. The molecule has 162 valence electrons. The Morgan fingerprint density at radius 1 is 0.758 bits per heavy atom. The molecule has 1 aliphatic heterocycles. The predicted molar refractivity (Wildman–Crippen MR) is 119 cm³/mol. The van der Waals surface area contributed by atoms with E-state index in [4.69, 9.17) is 4.74 Å². The molecule has 8 heteroatoms. The third-order valence-corrected chi connectivity index (χ3v) is 5.43. The minimum absolute atomic E-state index is 0.0311. The lowest BCUT2D eigenvalue weighted by Crippen LogP contribution is -2.33. The molecule has 33 heavy (non-hydrogen) atoms. The second-order valence-corrected chi connectivity index (χ2v) is 7.39. The summed E-state index contributed by atoms with van der Waals surface area (Å²) in [6.45, 7) is -0.293. The van der Waals surface area contributed by atoms with E-state index < -0.39 is 17.8 Å². The number of esters is 1. The van der Waals surface area contributed by atoms with Crippen molar-refractivity contribution in [1.82, 2.24) is 14.7 Å². The number of para-hydroxylation sites is 1. The van der Waals surface area contributed by atoms with Gasteiger partial charge in [-0.3, -0.25) is 19.3 Å².